The smallest absolute Gasteiger partial charge is 0.333 e. The molecule has 2 N–H and O–H groups in total. The third-order valence-corrected chi connectivity index (χ3v) is 2.87. The largest absolute Gasteiger partial charge is 0.462 e. The molecule has 2 atom stereocenters. The normalized spacial score (nSPS) is 13.1. The van der Waals surface area contributed by atoms with E-state index < -0.39 is 24.1 Å². The summed E-state index contributed by atoms with van der Waals surface area (Å²) in [6.45, 7) is 10.1. The molecule has 2 unspecified atom stereocenters. The van der Waals surface area contributed by atoms with Crippen molar-refractivity contribution in [2.24, 2.45) is 0 Å². The van der Waals surface area contributed by atoms with Gasteiger partial charge in [-0.25, -0.2) is 9.59 Å². The Balaban J connectivity index is 4.33. The van der Waals surface area contributed by atoms with Crippen LogP contribution in [0.4, 0.5) is 0 Å². The number of ether oxygens (including phenoxy) is 2. The van der Waals surface area contributed by atoms with Crippen LogP contribution in [0.2, 0.25) is 0 Å². The molecule has 0 aromatic heterocycles. The highest BCUT2D eigenvalue weighted by Gasteiger charge is 2.19. The summed E-state index contributed by atoms with van der Waals surface area (Å²) in [6.07, 6.45) is 0.0733. The molecule has 0 saturated heterocycles. The van der Waals surface area contributed by atoms with Crippen molar-refractivity contribution in [3.05, 3.63) is 24.3 Å². The second-order valence-electron chi connectivity index (χ2n) is 5.27. The maximum Gasteiger partial charge on any atom is 0.333 e. The van der Waals surface area contributed by atoms with Gasteiger partial charge in [0.05, 0.1) is 12.7 Å². The minimum atomic E-state index is -0.758. The lowest BCUT2D eigenvalue weighted by Crippen LogP contribution is -2.25. The lowest BCUT2D eigenvalue weighted by molar-refractivity contribution is -0.147. The summed E-state index contributed by atoms with van der Waals surface area (Å²) in [4.78, 5) is 22.8. The molecule has 0 aromatic rings. The lowest BCUT2D eigenvalue weighted by Gasteiger charge is -2.20. The van der Waals surface area contributed by atoms with Gasteiger partial charge < -0.3 is 19.7 Å². The Morgan fingerprint density at radius 1 is 1.09 bits per heavy atom. The van der Waals surface area contributed by atoms with Crippen LogP contribution in [-0.4, -0.2) is 47.6 Å². The summed E-state index contributed by atoms with van der Waals surface area (Å²) in [7, 11) is 0. The summed E-state index contributed by atoms with van der Waals surface area (Å²) >= 11 is 0. The molecule has 0 aliphatic heterocycles. The fourth-order valence-corrected chi connectivity index (χ4v) is 1.65. The van der Waals surface area contributed by atoms with Gasteiger partial charge >= 0.3 is 11.9 Å². The van der Waals surface area contributed by atoms with Crippen molar-refractivity contribution in [3.8, 4) is 0 Å². The van der Waals surface area contributed by atoms with Crippen molar-refractivity contribution in [2.75, 3.05) is 13.2 Å². The minimum absolute atomic E-state index is 0.140. The summed E-state index contributed by atoms with van der Waals surface area (Å²) in [6, 6.07) is 0. The summed E-state index contributed by atoms with van der Waals surface area (Å²) in [5.74, 6) is -0.990. The van der Waals surface area contributed by atoms with E-state index in [1.165, 1.54) is 6.92 Å². The van der Waals surface area contributed by atoms with Gasteiger partial charge in [0.1, 0.15) is 6.10 Å². The second kappa shape index (κ2) is 11.0. The van der Waals surface area contributed by atoms with Crippen LogP contribution in [0.5, 0.6) is 0 Å². The van der Waals surface area contributed by atoms with E-state index in [1.807, 2.05) is 0 Å². The van der Waals surface area contributed by atoms with Gasteiger partial charge in [0.2, 0.25) is 0 Å². The molecule has 0 amide bonds. The first-order chi connectivity index (χ1) is 10.3. The first-order valence-electron chi connectivity index (χ1n) is 7.26. The van der Waals surface area contributed by atoms with E-state index in [1.54, 1.807) is 6.92 Å². The molecule has 0 heterocycles. The van der Waals surface area contributed by atoms with Crippen LogP contribution in [0.15, 0.2) is 24.3 Å². The topological polar surface area (TPSA) is 93.1 Å². The maximum atomic E-state index is 11.6. The van der Waals surface area contributed by atoms with E-state index in [2.05, 4.69) is 13.2 Å². The number of hydrogen-bond donors (Lipinski definition) is 2. The van der Waals surface area contributed by atoms with Crippen molar-refractivity contribution in [2.45, 2.75) is 51.7 Å². The molecular weight excluding hydrogens is 288 g/mol. The highest BCUT2D eigenvalue weighted by atomic mass is 16.5. The zero-order valence-corrected chi connectivity index (χ0v) is 13.3. The van der Waals surface area contributed by atoms with Crippen molar-refractivity contribution >= 4 is 11.9 Å². The number of aliphatic hydroxyl groups excluding tert-OH is 2. The SMILES string of the molecule is C=C(C)C(=O)OCCCC(CC(O)CCO)OC(=O)C(=C)C. The van der Waals surface area contributed by atoms with Gasteiger partial charge in [-0.15, -0.1) is 0 Å². The van der Waals surface area contributed by atoms with Crippen LogP contribution in [-0.2, 0) is 19.1 Å². The molecule has 0 bridgehead atoms. The average Bonchev–Trinajstić information content (AvgIpc) is 2.42. The fraction of sp³-hybridized carbons (Fsp3) is 0.625. The molecule has 0 radical (unpaired) electrons. The Labute approximate surface area is 131 Å². The van der Waals surface area contributed by atoms with Gasteiger partial charge in [0.25, 0.3) is 0 Å². The molecule has 0 aromatic carbocycles. The van der Waals surface area contributed by atoms with Gasteiger partial charge in [-0.05, 0) is 33.1 Å². The quantitative estimate of drug-likeness (QED) is 0.341. The number of rotatable bonds is 11. The van der Waals surface area contributed by atoms with E-state index in [9.17, 15) is 14.7 Å². The van der Waals surface area contributed by atoms with Crippen LogP contribution < -0.4 is 0 Å². The van der Waals surface area contributed by atoms with Gasteiger partial charge in [-0.1, -0.05) is 13.2 Å². The van der Waals surface area contributed by atoms with Crippen LogP contribution in [0.3, 0.4) is 0 Å². The number of carbonyl (C=O) groups is 2. The third kappa shape index (κ3) is 9.31. The molecule has 0 rings (SSSR count). The Hall–Kier alpha value is -1.66. The number of carbonyl (C=O) groups excluding carboxylic acids is 2. The molecular formula is C16H26O6. The molecule has 0 saturated carbocycles. The summed E-state index contributed by atoms with van der Waals surface area (Å²) in [5.41, 5.74) is 0.596. The van der Waals surface area contributed by atoms with E-state index in [0.29, 0.717) is 18.4 Å². The van der Waals surface area contributed by atoms with E-state index in [4.69, 9.17) is 14.6 Å². The van der Waals surface area contributed by atoms with Crippen LogP contribution >= 0.6 is 0 Å². The third-order valence-electron chi connectivity index (χ3n) is 2.87. The number of aliphatic hydroxyl groups is 2. The monoisotopic (exact) mass is 314 g/mol. The van der Waals surface area contributed by atoms with Crippen molar-refractivity contribution in [1.82, 2.24) is 0 Å². The Morgan fingerprint density at radius 3 is 2.18 bits per heavy atom. The molecule has 0 aliphatic rings. The Bertz CT molecular complexity index is 401. The first kappa shape index (κ1) is 20.3. The first-order valence-corrected chi connectivity index (χ1v) is 7.26. The highest BCUT2D eigenvalue weighted by molar-refractivity contribution is 5.87. The molecule has 22 heavy (non-hydrogen) atoms. The summed E-state index contributed by atoms with van der Waals surface area (Å²) in [5, 5.41) is 18.5. The van der Waals surface area contributed by atoms with Gasteiger partial charge in [0, 0.05) is 24.2 Å². The molecule has 6 nitrogen and oxygen atoms in total. The zero-order valence-electron chi connectivity index (χ0n) is 13.3. The highest BCUT2D eigenvalue weighted by Crippen LogP contribution is 2.14. The Kier molecular flexibility index (Phi) is 10.2. The Morgan fingerprint density at radius 2 is 1.68 bits per heavy atom. The van der Waals surface area contributed by atoms with Gasteiger partial charge in [-0.2, -0.15) is 0 Å². The molecule has 0 spiro atoms. The van der Waals surface area contributed by atoms with E-state index >= 15 is 0 Å². The van der Waals surface area contributed by atoms with Gasteiger partial charge in [0.15, 0.2) is 0 Å². The maximum absolute atomic E-state index is 11.6. The van der Waals surface area contributed by atoms with Crippen molar-refractivity contribution in [3.63, 3.8) is 0 Å². The molecule has 0 fully saturated rings. The summed E-state index contributed by atoms with van der Waals surface area (Å²) < 4.78 is 10.2. The average molecular weight is 314 g/mol. The van der Waals surface area contributed by atoms with Crippen molar-refractivity contribution in [1.29, 1.82) is 0 Å². The lowest BCUT2D eigenvalue weighted by atomic mass is 10.0. The van der Waals surface area contributed by atoms with Crippen LogP contribution in [0.1, 0.15) is 39.5 Å². The van der Waals surface area contributed by atoms with Crippen molar-refractivity contribution < 1.29 is 29.3 Å². The molecule has 6 heteroatoms. The number of esters is 2. The van der Waals surface area contributed by atoms with Crippen LogP contribution in [0.25, 0.3) is 0 Å². The van der Waals surface area contributed by atoms with Gasteiger partial charge in [-0.3, -0.25) is 0 Å². The predicted molar refractivity (Wildman–Crippen MR) is 82.0 cm³/mol. The molecule has 0 aliphatic carbocycles. The minimum Gasteiger partial charge on any atom is -0.462 e. The van der Waals surface area contributed by atoms with Crippen LogP contribution in [0, 0.1) is 0 Å². The molecule has 126 valence electrons. The number of hydrogen-bond acceptors (Lipinski definition) is 6. The van der Waals surface area contributed by atoms with E-state index in [-0.39, 0.29) is 31.6 Å². The van der Waals surface area contributed by atoms with E-state index in [0.717, 1.165) is 0 Å². The standard InChI is InChI=1S/C16H26O6/c1-11(2)15(19)21-9-5-6-14(10-13(18)7-8-17)22-16(20)12(3)4/h13-14,17-18H,1,3,5-10H2,2,4H3. The predicted octanol–water partition coefficient (Wildman–Crippen LogP) is 1.51. The second-order valence-corrected chi connectivity index (χ2v) is 5.27. The fourth-order valence-electron chi connectivity index (χ4n) is 1.65. The zero-order chi connectivity index (χ0) is 17.1.